The predicted molar refractivity (Wildman–Crippen MR) is 35.7 cm³/mol. The molecule has 0 aromatic carbocycles. The maximum atomic E-state index is 3.63. The van der Waals surface area contributed by atoms with E-state index in [2.05, 4.69) is 19.2 Å². The van der Waals surface area contributed by atoms with Crippen molar-refractivity contribution in [2.45, 2.75) is 26.2 Å². The topological polar surface area (TPSA) is 0 Å². The molecule has 0 N–H and O–H groups in total. The molecule has 0 aromatic rings. The van der Waals surface area contributed by atoms with Crippen LogP contribution in [0.25, 0.3) is 0 Å². The quantitative estimate of drug-likeness (QED) is 0.418. The summed E-state index contributed by atoms with van der Waals surface area (Å²) < 4.78 is 0. The van der Waals surface area contributed by atoms with Gasteiger partial charge in [-0.2, -0.15) is 0 Å². The second-order valence-corrected chi connectivity index (χ2v) is 2.50. The highest BCUT2D eigenvalue weighted by Crippen LogP contribution is 2.28. The van der Waals surface area contributed by atoms with Crippen molar-refractivity contribution in [1.82, 2.24) is 0 Å². The molecule has 0 unspecified atom stereocenters. The average Bonchev–Trinajstić information content (AvgIpc) is 2.14. The second-order valence-electron chi connectivity index (χ2n) is 2.50. The van der Waals surface area contributed by atoms with Gasteiger partial charge in [-0.25, -0.2) is 0 Å². The molecule has 0 radical (unpaired) electrons. The zero-order chi connectivity index (χ0) is 5.98. The maximum Gasteiger partial charge on any atom is -0.0156 e. The summed E-state index contributed by atoms with van der Waals surface area (Å²) >= 11 is 0. The first-order valence-corrected chi connectivity index (χ1v) is 3.23. The lowest BCUT2D eigenvalue weighted by atomic mass is 10.1. The zero-order valence-corrected chi connectivity index (χ0v) is 5.41. The molecule has 0 heterocycles. The highest BCUT2D eigenvalue weighted by atomic mass is 14.2. The Hall–Kier alpha value is -0.480. The van der Waals surface area contributed by atoms with E-state index in [4.69, 9.17) is 0 Å². The molecule has 0 nitrogen and oxygen atoms in total. The van der Waals surface area contributed by atoms with Crippen LogP contribution in [0.5, 0.6) is 0 Å². The van der Waals surface area contributed by atoms with Gasteiger partial charge in [0.05, 0.1) is 0 Å². The average molecular weight is 108 g/mol. The number of hydrogen-bond acceptors (Lipinski definition) is 0. The van der Waals surface area contributed by atoms with Gasteiger partial charge < -0.3 is 0 Å². The van der Waals surface area contributed by atoms with Crippen molar-refractivity contribution in [3.63, 3.8) is 0 Å². The van der Waals surface area contributed by atoms with Crippen LogP contribution in [0.2, 0.25) is 0 Å². The Morgan fingerprint density at radius 2 is 2.50 bits per heavy atom. The lowest BCUT2D eigenvalue weighted by Gasteiger charge is -1.97. The predicted octanol–water partition coefficient (Wildman–Crippen LogP) is 2.52. The molecule has 1 fully saturated rings. The van der Waals surface area contributed by atoms with E-state index in [1.54, 1.807) is 0 Å². The molecule has 1 atom stereocenters. The molecule has 1 aliphatic carbocycles. The third kappa shape index (κ3) is 0.850. The Balaban J connectivity index is 2.68. The largest absolute Gasteiger partial charge is 0.129 e. The van der Waals surface area contributed by atoms with Crippen LogP contribution in [-0.2, 0) is 0 Å². The molecular weight excluding hydrogens is 96.1 g/mol. The molecule has 44 valence electrons. The fourth-order valence-corrected chi connectivity index (χ4v) is 1.28. The van der Waals surface area contributed by atoms with Crippen LogP contribution >= 0.6 is 0 Å². The minimum atomic E-state index is 0.771. The molecule has 0 aliphatic heterocycles. The number of allylic oxidation sites excluding steroid dienone is 1. The Kier molecular flexibility index (Phi) is 1.55. The lowest BCUT2D eigenvalue weighted by Crippen LogP contribution is -1.84. The smallest absolute Gasteiger partial charge is 0.0156 e. The van der Waals surface area contributed by atoms with Crippen LogP contribution in [0.1, 0.15) is 26.2 Å². The van der Waals surface area contributed by atoms with Crippen LogP contribution < -0.4 is 0 Å². The highest BCUT2D eigenvalue weighted by Gasteiger charge is 2.14. The monoisotopic (exact) mass is 108 g/mol. The first kappa shape index (κ1) is 5.65. The van der Waals surface area contributed by atoms with Gasteiger partial charge in [-0.3, -0.25) is 0 Å². The summed E-state index contributed by atoms with van der Waals surface area (Å²) in [6, 6.07) is 0. The Bertz CT molecular complexity index is 127. The summed E-state index contributed by atoms with van der Waals surface area (Å²) in [5.41, 5.74) is 4.42. The van der Waals surface area contributed by atoms with Gasteiger partial charge in [-0.15, -0.1) is 5.73 Å². The van der Waals surface area contributed by atoms with Crippen LogP contribution in [0, 0.1) is 5.92 Å². The third-order valence-electron chi connectivity index (χ3n) is 1.91. The molecule has 0 bridgehead atoms. The van der Waals surface area contributed by atoms with Gasteiger partial charge in [0, 0.05) is 0 Å². The van der Waals surface area contributed by atoms with E-state index in [1.807, 2.05) is 0 Å². The summed E-state index contributed by atoms with van der Waals surface area (Å²) in [4.78, 5) is 0. The van der Waals surface area contributed by atoms with Crippen molar-refractivity contribution in [3.05, 3.63) is 17.9 Å². The van der Waals surface area contributed by atoms with E-state index in [0.717, 1.165) is 5.92 Å². The van der Waals surface area contributed by atoms with Gasteiger partial charge >= 0.3 is 0 Å². The minimum Gasteiger partial charge on any atom is -0.129 e. The van der Waals surface area contributed by atoms with Gasteiger partial charge in [0.2, 0.25) is 0 Å². The molecule has 0 amide bonds. The van der Waals surface area contributed by atoms with Gasteiger partial charge in [-0.05, 0) is 30.8 Å². The molecule has 0 spiro atoms. The third-order valence-corrected chi connectivity index (χ3v) is 1.91. The Morgan fingerprint density at radius 1 is 1.75 bits per heavy atom. The van der Waals surface area contributed by atoms with Crippen LogP contribution in [0.3, 0.4) is 0 Å². The number of rotatable bonds is 0. The molecule has 1 aliphatic rings. The van der Waals surface area contributed by atoms with E-state index in [-0.39, 0.29) is 0 Å². The maximum absolute atomic E-state index is 3.63. The van der Waals surface area contributed by atoms with Crippen molar-refractivity contribution in [2.75, 3.05) is 0 Å². The van der Waals surface area contributed by atoms with Crippen molar-refractivity contribution < 1.29 is 0 Å². The fraction of sp³-hybridized carbons (Fsp3) is 0.625. The molecule has 0 saturated heterocycles. The lowest BCUT2D eigenvalue weighted by molar-refractivity contribution is 0.697. The summed E-state index contributed by atoms with van der Waals surface area (Å²) in [6.45, 7) is 5.88. The zero-order valence-electron chi connectivity index (χ0n) is 5.41. The minimum absolute atomic E-state index is 0.771. The van der Waals surface area contributed by atoms with Crippen LogP contribution in [-0.4, -0.2) is 0 Å². The molecule has 0 heteroatoms. The van der Waals surface area contributed by atoms with Crippen molar-refractivity contribution in [2.24, 2.45) is 5.92 Å². The second kappa shape index (κ2) is 2.19. The summed E-state index contributed by atoms with van der Waals surface area (Å²) in [7, 11) is 0. The van der Waals surface area contributed by atoms with Gasteiger partial charge in [0.25, 0.3) is 0 Å². The molecule has 1 rings (SSSR count). The van der Waals surface area contributed by atoms with E-state index in [1.165, 1.54) is 24.8 Å². The molecule has 0 aromatic heterocycles. The van der Waals surface area contributed by atoms with E-state index in [9.17, 15) is 0 Å². The van der Waals surface area contributed by atoms with E-state index in [0.29, 0.717) is 0 Å². The standard InChI is InChI=1S/C8H12/c1-3-8-6-4-5-7(8)2/h7H,1,4-6H2,2H3/t7-/m0/s1. The summed E-state index contributed by atoms with van der Waals surface area (Å²) in [6.07, 6.45) is 3.93. The molecule has 8 heavy (non-hydrogen) atoms. The first-order valence-electron chi connectivity index (χ1n) is 3.23. The van der Waals surface area contributed by atoms with Crippen LogP contribution in [0.4, 0.5) is 0 Å². The van der Waals surface area contributed by atoms with E-state index < -0.39 is 0 Å². The van der Waals surface area contributed by atoms with Gasteiger partial charge in [0.15, 0.2) is 0 Å². The SMILES string of the molecule is C=C=C1CCC[C@@H]1C. The normalized spacial score (nSPS) is 28.1. The highest BCUT2D eigenvalue weighted by molar-refractivity contribution is 5.07. The van der Waals surface area contributed by atoms with Crippen molar-refractivity contribution in [3.8, 4) is 0 Å². The summed E-state index contributed by atoms with van der Waals surface area (Å²) in [5.74, 6) is 0.771. The summed E-state index contributed by atoms with van der Waals surface area (Å²) in [5, 5.41) is 0. The van der Waals surface area contributed by atoms with Gasteiger partial charge in [0.1, 0.15) is 0 Å². The fourth-order valence-electron chi connectivity index (χ4n) is 1.28. The Labute approximate surface area is 50.9 Å². The Morgan fingerprint density at radius 3 is 2.75 bits per heavy atom. The molecular formula is C8H12. The van der Waals surface area contributed by atoms with Crippen molar-refractivity contribution >= 4 is 0 Å². The van der Waals surface area contributed by atoms with Crippen molar-refractivity contribution in [1.29, 1.82) is 0 Å². The van der Waals surface area contributed by atoms with Gasteiger partial charge in [-0.1, -0.05) is 13.5 Å². The van der Waals surface area contributed by atoms with Crippen LogP contribution in [0.15, 0.2) is 17.9 Å². The van der Waals surface area contributed by atoms with E-state index >= 15 is 0 Å². The molecule has 1 saturated carbocycles. The number of hydrogen-bond donors (Lipinski definition) is 0. The first-order chi connectivity index (χ1) is 3.84.